The molecule has 2 rings (SSSR count). The minimum atomic E-state index is 0.213. The van der Waals surface area contributed by atoms with Crippen molar-refractivity contribution >= 4 is 5.91 Å². The molecule has 1 unspecified atom stereocenters. The Morgan fingerprint density at radius 2 is 2.27 bits per heavy atom. The summed E-state index contributed by atoms with van der Waals surface area (Å²) in [6.45, 7) is 5.06. The van der Waals surface area contributed by atoms with E-state index in [0.29, 0.717) is 5.92 Å². The van der Waals surface area contributed by atoms with Gasteiger partial charge in [0.25, 0.3) is 0 Å². The number of amides is 1. The summed E-state index contributed by atoms with van der Waals surface area (Å²) < 4.78 is 0. The highest BCUT2D eigenvalue weighted by atomic mass is 16.1. The van der Waals surface area contributed by atoms with Crippen molar-refractivity contribution in [3.05, 3.63) is 0 Å². The summed E-state index contributed by atoms with van der Waals surface area (Å²) in [6.07, 6.45) is 4.91. The maximum atomic E-state index is 11.8. The van der Waals surface area contributed by atoms with Crippen LogP contribution < -0.4 is 10.6 Å². The Labute approximate surface area is 92.0 Å². The lowest BCUT2D eigenvalue weighted by atomic mass is 9.98. The van der Waals surface area contributed by atoms with E-state index in [1.54, 1.807) is 0 Å². The van der Waals surface area contributed by atoms with Gasteiger partial charge in [-0.2, -0.15) is 0 Å². The molecular formula is C12H22N2O. The Hall–Kier alpha value is -0.570. The summed E-state index contributed by atoms with van der Waals surface area (Å²) in [5.74, 6) is 2.03. The van der Waals surface area contributed by atoms with Crippen LogP contribution in [0.5, 0.6) is 0 Å². The quantitative estimate of drug-likeness (QED) is 0.731. The van der Waals surface area contributed by atoms with E-state index >= 15 is 0 Å². The third-order valence-corrected chi connectivity index (χ3v) is 3.69. The van der Waals surface area contributed by atoms with Crippen LogP contribution in [0.2, 0.25) is 0 Å². The summed E-state index contributed by atoms with van der Waals surface area (Å²) in [5, 5.41) is 6.37. The lowest BCUT2D eigenvalue weighted by Crippen LogP contribution is -2.41. The number of hydrogen-bond acceptors (Lipinski definition) is 2. The summed E-state index contributed by atoms with van der Waals surface area (Å²) in [7, 11) is 0. The van der Waals surface area contributed by atoms with Gasteiger partial charge in [0.2, 0.25) is 5.91 Å². The number of nitrogens with one attached hydrogen (secondary N) is 2. The topological polar surface area (TPSA) is 41.1 Å². The number of hydrogen-bond donors (Lipinski definition) is 2. The summed E-state index contributed by atoms with van der Waals surface area (Å²) in [6, 6.07) is 0. The maximum absolute atomic E-state index is 11.8. The molecule has 2 N–H and O–H groups in total. The average Bonchev–Trinajstić information content (AvgIpc) is 3.10. The second-order valence-electron chi connectivity index (χ2n) is 5.10. The maximum Gasteiger partial charge on any atom is 0.224 e. The van der Waals surface area contributed by atoms with Gasteiger partial charge in [-0.3, -0.25) is 4.79 Å². The van der Waals surface area contributed by atoms with E-state index in [9.17, 15) is 4.79 Å². The molecule has 1 heterocycles. The van der Waals surface area contributed by atoms with Gasteiger partial charge < -0.3 is 10.6 Å². The van der Waals surface area contributed by atoms with Gasteiger partial charge in [-0.25, -0.2) is 0 Å². The van der Waals surface area contributed by atoms with Gasteiger partial charge >= 0.3 is 0 Å². The molecule has 3 heteroatoms. The average molecular weight is 210 g/mol. The number of carbonyl (C=O) groups excluding carboxylic acids is 1. The minimum Gasteiger partial charge on any atom is -0.356 e. The first-order valence-corrected chi connectivity index (χ1v) is 6.26. The third-order valence-electron chi connectivity index (χ3n) is 3.69. The van der Waals surface area contributed by atoms with Crippen molar-refractivity contribution in [3.63, 3.8) is 0 Å². The molecule has 1 amide bonds. The van der Waals surface area contributed by atoms with Gasteiger partial charge in [-0.15, -0.1) is 0 Å². The van der Waals surface area contributed by atoms with Crippen molar-refractivity contribution in [2.75, 3.05) is 19.6 Å². The Balaban J connectivity index is 1.66. The van der Waals surface area contributed by atoms with Gasteiger partial charge in [0.05, 0.1) is 5.92 Å². The van der Waals surface area contributed by atoms with Crippen LogP contribution in [0, 0.1) is 17.8 Å². The van der Waals surface area contributed by atoms with Crippen LogP contribution in [0.3, 0.4) is 0 Å². The minimum absolute atomic E-state index is 0.213. The van der Waals surface area contributed by atoms with Crippen molar-refractivity contribution in [3.8, 4) is 0 Å². The number of rotatable bonds is 4. The fourth-order valence-corrected chi connectivity index (χ4v) is 2.31. The van der Waals surface area contributed by atoms with E-state index in [2.05, 4.69) is 17.6 Å². The molecule has 2 fully saturated rings. The van der Waals surface area contributed by atoms with E-state index in [1.165, 1.54) is 12.8 Å². The van der Waals surface area contributed by atoms with E-state index in [1.807, 2.05) is 0 Å². The zero-order chi connectivity index (χ0) is 10.7. The van der Waals surface area contributed by atoms with Crippen LogP contribution in [0.4, 0.5) is 0 Å². The number of piperidine rings is 1. The van der Waals surface area contributed by atoms with Gasteiger partial charge in [0.15, 0.2) is 0 Å². The smallest absolute Gasteiger partial charge is 0.224 e. The fourth-order valence-electron chi connectivity index (χ4n) is 2.31. The third kappa shape index (κ3) is 3.20. The molecule has 0 radical (unpaired) electrons. The molecule has 1 saturated carbocycles. The van der Waals surface area contributed by atoms with Crippen molar-refractivity contribution < 1.29 is 4.79 Å². The first kappa shape index (κ1) is 10.9. The van der Waals surface area contributed by atoms with Gasteiger partial charge in [0.1, 0.15) is 0 Å². The standard InChI is InChI=1S/C12H22N2O/c1-9(10-4-5-10)7-14-12(15)11-3-2-6-13-8-11/h9-11,13H,2-8H2,1H3,(H,14,15)/t9?,11-/m0/s1. The second-order valence-corrected chi connectivity index (χ2v) is 5.10. The Kier molecular flexibility index (Phi) is 3.62. The molecule has 2 atom stereocenters. The summed E-state index contributed by atoms with van der Waals surface area (Å²) >= 11 is 0. The predicted molar refractivity (Wildman–Crippen MR) is 60.5 cm³/mol. The monoisotopic (exact) mass is 210 g/mol. The molecule has 0 aromatic rings. The van der Waals surface area contributed by atoms with E-state index in [-0.39, 0.29) is 11.8 Å². The zero-order valence-electron chi connectivity index (χ0n) is 9.59. The Morgan fingerprint density at radius 3 is 2.87 bits per heavy atom. The molecule has 0 aromatic carbocycles. The van der Waals surface area contributed by atoms with Gasteiger partial charge in [-0.05, 0) is 44.1 Å². The van der Waals surface area contributed by atoms with Crippen LogP contribution in [0.1, 0.15) is 32.6 Å². The summed E-state index contributed by atoms with van der Waals surface area (Å²) in [4.78, 5) is 11.8. The highest BCUT2D eigenvalue weighted by Gasteiger charge is 2.28. The second kappa shape index (κ2) is 4.97. The Morgan fingerprint density at radius 1 is 1.47 bits per heavy atom. The lowest BCUT2D eigenvalue weighted by Gasteiger charge is -2.22. The molecule has 2 aliphatic rings. The zero-order valence-corrected chi connectivity index (χ0v) is 9.59. The first-order chi connectivity index (χ1) is 7.27. The molecule has 86 valence electrons. The lowest BCUT2D eigenvalue weighted by molar-refractivity contribution is -0.125. The molecule has 1 aliphatic carbocycles. The highest BCUT2D eigenvalue weighted by Crippen LogP contribution is 2.36. The fraction of sp³-hybridized carbons (Fsp3) is 0.917. The number of carbonyl (C=O) groups is 1. The predicted octanol–water partition coefficient (Wildman–Crippen LogP) is 1.15. The van der Waals surface area contributed by atoms with Crippen molar-refractivity contribution in [2.45, 2.75) is 32.6 Å². The van der Waals surface area contributed by atoms with Gasteiger partial charge in [-0.1, -0.05) is 6.92 Å². The van der Waals surface area contributed by atoms with E-state index < -0.39 is 0 Å². The molecular weight excluding hydrogens is 188 g/mol. The highest BCUT2D eigenvalue weighted by molar-refractivity contribution is 5.78. The molecule has 15 heavy (non-hydrogen) atoms. The molecule has 0 aromatic heterocycles. The molecule has 0 spiro atoms. The van der Waals surface area contributed by atoms with Crippen LogP contribution in [0.15, 0.2) is 0 Å². The normalized spacial score (nSPS) is 28.5. The van der Waals surface area contributed by atoms with Crippen LogP contribution in [-0.4, -0.2) is 25.5 Å². The molecule has 0 bridgehead atoms. The SMILES string of the molecule is CC(CNC(=O)[C@H]1CCCNC1)C1CC1. The van der Waals surface area contributed by atoms with E-state index in [0.717, 1.165) is 38.4 Å². The van der Waals surface area contributed by atoms with Crippen LogP contribution in [0.25, 0.3) is 0 Å². The first-order valence-electron chi connectivity index (χ1n) is 6.26. The van der Waals surface area contributed by atoms with Crippen molar-refractivity contribution in [1.82, 2.24) is 10.6 Å². The van der Waals surface area contributed by atoms with Crippen LogP contribution >= 0.6 is 0 Å². The molecule has 3 nitrogen and oxygen atoms in total. The largest absolute Gasteiger partial charge is 0.356 e. The van der Waals surface area contributed by atoms with Gasteiger partial charge in [0, 0.05) is 13.1 Å². The molecule has 1 aliphatic heterocycles. The van der Waals surface area contributed by atoms with Crippen LogP contribution in [-0.2, 0) is 4.79 Å². The van der Waals surface area contributed by atoms with E-state index in [4.69, 9.17) is 0 Å². The Bertz CT molecular complexity index is 220. The molecule has 1 saturated heterocycles. The summed E-state index contributed by atoms with van der Waals surface area (Å²) in [5.41, 5.74) is 0. The van der Waals surface area contributed by atoms with Crippen molar-refractivity contribution in [1.29, 1.82) is 0 Å². The van der Waals surface area contributed by atoms with Crippen molar-refractivity contribution in [2.24, 2.45) is 17.8 Å².